The summed E-state index contributed by atoms with van der Waals surface area (Å²) in [6.07, 6.45) is 7.75. The van der Waals surface area contributed by atoms with Crippen LogP contribution in [0.1, 0.15) is 38.5 Å². The van der Waals surface area contributed by atoms with Crippen molar-refractivity contribution < 1.29 is 9.84 Å². The Morgan fingerprint density at radius 1 is 1.13 bits per heavy atom. The van der Waals surface area contributed by atoms with Crippen LogP contribution in [0.2, 0.25) is 0 Å². The van der Waals surface area contributed by atoms with Gasteiger partial charge in [0.2, 0.25) is 0 Å². The second kappa shape index (κ2) is 3.72. The van der Waals surface area contributed by atoms with E-state index in [0.29, 0.717) is 12.2 Å². The van der Waals surface area contributed by atoms with Crippen LogP contribution in [0.25, 0.3) is 0 Å². The molecule has 1 aliphatic carbocycles. The molecule has 0 aromatic heterocycles. The molecule has 3 rings (SSSR count). The molecule has 2 saturated heterocycles. The highest BCUT2D eigenvalue weighted by molar-refractivity contribution is 4.92. The molecule has 3 heteroatoms. The second-order valence-corrected chi connectivity index (χ2v) is 5.58. The van der Waals surface area contributed by atoms with E-state index in [4.69, 9.17) is 4.74 Å². The lowest BCUT2D eigenvalue weighted by molar-refractivity contribution is -0.0693. The van der Waals surface area contributed by atoms with Gasteiger partial charge in [-0.3, -0.25) is 4.90 Å². The lowest BCUT2D eigenvalue weighted by Gasteiger charge is -2.36. The van der Waals surface area contributed by atoms with E-state index in [1.807, 2.05) is 0 Å². The summed E-state index contributed by atoms with van der Waals surface area (Å²) < 4.78 is 5.80. The molecule has 1 N–H and O–H groups in total. The van der Waals surface area contributed by atoms with Crippen molar-refractivity contribution >= 4 is 0 Å². The number of nitrogens with zero attached hydrogens (tertiary/aromatic N) is 1. The standard InChI is InChI=1S/C12H21NO2/c14-12(5-1-2-6-12)9-13-7-10-3-4-11(8-13)15-10/h10-11,14H,1-9H2. The van der Waals surface area contributed by atoms with Crippen LogP contribution in [0.3, 0.4) is 0 Å². The van der Waals surface area contributed by atoms with Crippen LogP contribution >= 0.6 is 0 Å². The predicted molar refractivity (Wildman–Crippen MR) is 57.8 cm³/mol. The van der Waals surface area contributed by atoms with Gasteiger partial charge in [0.1, 0.15) is 0 Å². The average molecular weight is 211 g/mol. The molecule has 0 radical (unpaired) electrons. The maximum Gasteiger partial charge on any atom is 0.0774 e. The molecule has 86 valence electrons. The number of morpholine rings is 1. The minimum Gasteiger partial charge on any atom is -0.389 e. The maximum atomic E-state index is 10.4. The lowest BCUT2D eigenvalue weighted by Crippen LogP contribution is -2.49. The van der Waals surface area contributed by atoms with E-state index in [1.165, 1.54) is 25.7 Å². The molecule has 2 atom stereocenters. The highest BCUT2D eigenvalue weighted by Crippen LogP contribution is 2.33. The molecule has 0 amide bonds. The van der Waals surface area contributed by atoms with Gasteiger partial charge in [-0.15, -0.1) is 0 Å². The van der Waals surface area contributed by atoms with Crippen molar-refractivity contribution in [2.75, 3.05) is 19.6 Å². The minimum absolute atomic E-state index is 0.378. The molecule has 0 aromatic rings. The maximum absolute atomic E-state index is 10.4. The summed E-state index contributed by atoms with van der Waals surface area (Å²) in [7, 11) is 0. The zero-order valence-electron chi connectivity index (χ0n) is 9.32. The highest BCUT2D eigenvalue weighted by Gasteiger charge is 2.38. The van der Waals surface area contributed by atoms with Gasteiger partial charge in [-0.2, -0.15) is 0 Å². The van der Waals surface area contributed by atoms with Gasteiger partial charge in [0, 0.05) is 19.6 Å². The van der Waals surface area contributed by atoms with Crippen molar-refractivity contribution in [1.82, 2.24) is 4.90 Å². The molecule has 15 heavy (non-hydrogen) atoms. The second-order valence-electron chi connectivity index (χ2n) is 5.58. The number of rotatable bonds is 2. The third kappa shape index (κ3) is 2.05. The summed E-state index contributed by atoms with van der Waals surface area (Å²) in [4.78, 5) is 2.43. The van der Waals surface area contributed by atoms with E-state index < -0.39 is 0 Å². The van der Waals surface area contributed by atoms with Gasteiger partial charge in [0.05, 0.1) is 17.8 Å². The van der Waals surface area contributed by atoms with Gasteiger partial charge in [-0.25, -0.2) is 0 Å². The third-order valence-electron chi connectivity index (χ3n) is 4.17. The minimum atomic E-state index is -0.378. The normalized spacial score (nSPS) is 39.8. The number of fused-ring (bicyclic) bond motifs is 2. The number of ether oxygens (including phenoxy) is 1. The number of hydrogen-bond donors (Lipinski definition) is 1. The predicted octanol–water partition coefficient (Wildman–Crippen LogP) is 1.15. The Morgan fingerprint density at radius 2 is 1.73 bits per heavy atom. The van der Waals surface area contributed by atoms with Crippen LogP contribution in [-0.4, -0.2) is 47.4 Å². The molecule has 2 aliphatic heterocycles. The highest BCUT2D eigenvalue weighted by atomic mass is 16.5. The Balaban J connectivity index is 1.59. The van der Waals surface area contributed by atoms with E-state index in [-0.39, 0.29) is 5.60 Å². The van der Waals surface area contributed by atoms with Gasteiger partial charge < -0.3 is 9.84 Å². The summed E-state index contributed by atoms with van der Waals surface area (Å²) >= 11 is 0. The van der Waals surface area contributed by atoms with Crippen LogP contribution in [0, 0.1) is 0 Å². The number of likely N-dealkylation sites (tertiary alicyclic amines) is 1. The largest absolute Gasteiger partial charge is 0.389 e. The Morgan fingerprint density at radius 3 is 2.33 bits per heavy atom. The van der Waals surface area contributed by atoms with Gasteiger partial charge >= 0.3 is 0 Å². The Hall–Kier alpha value is -0.120. The summed E-state index contributed by atoms with van der Waals surface area (Å²) in [5.74, 6) is 0. The lowest BCUT2D eigenvalue weighted by atomic mass is 10.0. The Labute approximate surface area is 91.4 Å². The molecular formula is C12H21NO2. The van der Waals surface area contributed by atoms with E-state index in [0.717, 1.165) is 32.5 Å². The van der Waals surface area contributed by atoms with Crippen molar-refractivity contribution in [2.45, 2.75) is 56.3 Å². The quantitative estimate of drug-likeness (QED) is 0.744. The SMILES string of the molecule is OC1(CN2CC3CCC(C2)O3)CCCC1. The first-order valence-electron chi connectivity index (χ1n) is 6.34. The Bertz CT molecular complexity index is 226. The van der Waals surface area contributed by atoms with Crippen molar-refractivity contribution in [3.8, 4) is 0 Å². The van der Waals surface area contributed by atoms with Gasteiger partial charge in [-0.05, 0) is 25.7 Å². The molecule has 2 heterocycles. The van der Waals surface area contributed by atoms with Crippen molar-refractivity contribution in [3.05, 3.63) is 0 Å². The number of β-amino-alcohol motifs (C(OH)–C–C–N with tert-alkyl or cyclic N) is 1. The first kappa shape index (κ1) is 10.1. The molecule has 2 unspecified atom stereocenters. The summed E-state index contributed by atoms with van der Waals surface area (Å²) in [6, 6.07) is 0. The molecule has 3 nitrogen and oxygen atoms in total. The molecule has 1 saturated carbocycles. The summed E-state index contributed by atoms with van der Waals surface area (Å²) in [5.41, 5.74) is -0.378. The molecule has 3 fully saturated rings. The third-order valence-corrected chi connectivity index (χ3v) is 4.17. The van der Waals surface area contributed by atoms with Crippen LogP contribution in [0.15, 0.2) is 0 Å². The fourth-order valence-electron chi connectivity index (χ4n) is 3.44. The van der Waals surface area contributed by atoms with Crippen LogP contribution in [-0.2, 0) is 4.74 Å². The fraction of sp³-hybridized carbons (Fsp3) is 1.00. The van der Waals surface area contributed by atoms with E-state index >= 15 is 0 Å². The van der Waals surface area contributed by atoms with Crippen LogP contribution in [0.4, 0.5) is 0 Å². The molecule has 0 aromatic carbocycles. The van der Waals surface area contributed by atoms with E-state index in [1.54, 1.807) is 0 Å². The van der Waals surface area contributed by atoms with Crippen molar-refractivity contribution in [3.63, 3.8) is 0 Å². The summed E-state index contributed by atoms with van der Waals surface area (Å²) in [5, 5.41) is 10.4. The Kier molecular flexibility index (Phi) is 2.49. The monoisotopic (exact) mass is 211 g/mol. The van der Waals surface area contributed by atoms with Gasteiger partial charge in [-0.1, -0.05) is 12.8 Å². The fourth-order valence-corrected chi connectivity index (χ4v) is 3.44. The summed E-state index contributed by atoms with van der Waals surface area (Å²) in [6.45, 7) is 2.96. The molecule has 2 bridgehead atoms. The number of hydrogen-bond acceptors (Lipinski definition) is 3. The van der Waals surface area contributed by atoms with Crippen LogP contribution < -0.4 is 0 Å². The van der Waals surface area contributed by atoms with Gasteiger partial charge in [0.25, 0.3) is 0 Å². The van der Waals surface area contributed by atoms with Crippen molar-refractivity contribution in [1.29, 1.82) is 0 Å². The van der Waals surface area contributed by atoms with Gasteiger partial charge in [0.15, 0.2) is 0 Å². The van der Waals surface area contributed by atoms with E-state index in [2.05, 4.69) is 4.90 Å². The van der Waals surface area contributed by atoms with Crippen molar-refractivity contribution in [2.24, 2.45) is 0 Å². The first-order chi connectivity index (χ1) is 7.23. The smallest absolute Gasteiger partial charge is 0.0774 e. The first-order valence-corrected chi connectivity index (χ1v) is 6.34. The molecular weight excluding hydrogens is 190 g/mol. The molecule has 3 aliphatic rings. The zero-order chi connectivity index (χ0) is 10.3. The van der Waals surface area contributed by atoms with Crippen LogP contribution in [0.5, 0.6) is 0 Å². The van der Waals surface area contributed by atoms with E-state index in [9.17, 15) is 5.11 Å². The molecule has 0 spiro atoms. The average Bonchev–Trinajstić information content (AvgIpc) is 2.74. The number of aliphatic hydroxyl groups is 1. The topological polar surface area (TPSA) is 32.7 Å². The zero-order valence-corrected chi connectivity index (χ0v) is 9.32.